The van der Waals surface area contributed by atoms with E-state index in [2.05, 4.69) is 121 Å². The third kappa shape index (κ3) is 4.00. The number of nitrogens with zero attached hydrogens (tertiary/aromatic N) is 2. The average molecular weight is 449 g/mol. The Labute approximate surface area is 205 Å². The normalized spacial score (nSPS) is 11.0. The summed E-state index contributed by atoms with van der Waals surface area (Å²) in [5.41, 5.74) is 10.0. The van der Waals surface area contributed by atoms with Crippen LogP contribution in [-0.4, -0.2) is 9.97 Å². The largest absolute Gasteiger partial charge is 0.233 e. The molecule has 0 bridgehead atoms. The third-order valence-corrected chi connectivity index (χ3v) is 6.37. The van der Waals surface area contributed by atoms with Crippen LogP contribution in [0.3, 0.4) is 0 Å². The molecule has 0 saturated heterocycles. The molecule has 0 atom stereocenters. The number of benzene rings is 5. The quantitative estimate of drug-likeness (QED) is 0.270. The molecule has 5 aromatic carbocycles. The molecule has 2 nitrogen and oxygen atoms in total. The van der Waals surface area contributed by atoms with Gasteiger partial charge in [0.05, 0.1) is 11.2 Å². The van der Waals surface area contributed by atoms with Crippen LogP contribution in [-0.2, 0) is 0 Å². The van der Waals surface area contributed by atoms with E-state index in [0.717, 1.165) is 39.1 Å². The van der Waals surface area contributed by atoms with Gasteiger partial charge in [-0.25, -0.2) is 9.97 Å². The first kappa shape index (κ1) is 21.0. The molecule has 0 aliphatic heterocycles. The maximum atomic E-state index is 4.95. The predicted molar refractivity (Wildman–Crippen MR) is 146 cm³/mol. The van der Waals surface area contributed by atoms with Crippen LogP contribution in [0.1, 0.15) is 5.82 Å². The highest BCUT2D eigenvalue weighted by Crippen LogP contribution is 2.41. The summed E-state index contributed by atoms with van der Waals surface area (Å²) < 4.78 is 0. The van der Waals surface area contributed by atoms with E-state index in [1.54, 1.807) is 0 Å². The summed E-state index contributed by atoms with van der Waals surface area (Å²) in [4.78, 5) is 9.88. The summed E-state index contributed by atoms with van der Waals surface area (Å²) >= 11 is 0. The van der Waals surface area contributed by atoms with E-state index in [0.29, 0.717) is 0 Å². The molecule has 2 heteroatoms. The van der Waals surface area contributed by atoms with E-state index in [-0.39, 0.29) is 0 Å². The van der Waals surface area contributed by atoms with Crippen LogP contribution in [0.15, 0.2) is 127 Å². The number of aromatic nitrogens is 2. The van der Waals surface area contributed by atoms with Crippen LogP contribution in [0.2, 0.25) is 0 Å². The molecule has 0 N–H and O–H groups in total. The van der Waals surface area contributed by atoms with Gasteiger partial charge in [-0.15, -0.1) is 0 Å². The maximum absolute atomic E-state index is 4.95. The second-order valence-corrected chi connectivity index (χ2v) is 8.68. The minimum atomic E-state index is 0.767. The summed E-state index contributed by atoms with van der Waals surface area (Å²) in [6.45, 7) is 1.97. The van der Waals surface area contributed by atoms with Crippen LogP contribution in [0.4, 0.5) is 0 Å². The SMILES string of the molecule is Cc1nc(-c2ccccc2)c2c(-c3ccccc3-c3ccccc3)cc(-c3ccccc3)cc2n1. The van der Waals surface area contributed by atoms with E-state index < -0.39 is 0 Å². The van der Waals surface area contributed by atoms with Gasteiger partial charge < -0.3 is 0 Å². The fraction of sp³-hybridized carbons (Fsp3) is 0.0303. The van der Waals surface area contributed by atoms with E-state index in [4.69, 9.17) is 9.97 Å². The highest BCUT2D eigenvalue weighted by atomic mass is 14.9. The number of fused-ring (bicyclic) bond motifs is 1. The van der Waals surface area contributed by atoms with E-state index in [9.17, 15) is 0 Å². The number of aryl methyl sites for hydroxylation is 1. The van der Waals surface area contributed by atoms with Gasteiger partial charge in [0.15, 0.2) is 0 Å². The van der Waals surface area contributed by atoms with Crippen molar-refractivity contribution in [3.8, 4) is 44.6 Å². The van der Waals surface area contributed by atoms with Crippen molar-refractivity contribution in [3.05, 3.63) is 133 Å². The van der Waals surface area contributed by atoms with Crippen molar-refractivity contribution in [2.75, 3.05) is 0 Å². The van der Waals surface area contributed by atoms with Gasteiger partial charge in [-0.1, -0.05) is 115 Å². The predicted octanol–water partition coefficient (Wildman–Crippen LogP) is 8.61. The van der Waals surface area contributed by atoms with E-state index >= 15 is 0 Å². The summed E-state index contributed by atoms with van der Waals surface area (Å²) in [6.07, 6.45) is 0. The summed E-state index contributed by atoms with van der Waals surface area (Å²) in [5, 5.41) is 1.07. The van der Waals surface area contributed by atoms with Crippen LogP contribution >= 0.6 is 0 Å². The zero-order chi connectivity index (χ0) is 23.6. The summed E-state index contributed by atoms with van der Waals surface area (Å²) in [7, 11) is 0. The van der Waals surface area contributed by atoms with Gasteiger partial charge >= 0.3 is 0 Å². The molecule has 0 saturated carbocycles. The molecule has 0 aliphatic rings. The zero-order valence-electron chi connectivity index (χ0n) is 19.5. The third-order valence-electron chi connectivity index (χ3n) is 6.37. The molecule has 0 radical (unpaired) electrons. The lowest BCUT2D eigenvalue weighted by atomic mass is 9.88. The first-order valence-electron chi connectivity index (χ1n) is 11.9. The highest BCUT2D eigenvalue weighted by molar-refractivity contribution is 6.07. The summed E-state index contributed by atoms with van der Waals surface area (Å²) in [6, 6.07) is 44.6. The summed E-state index contributed by atoms with van der Waals surface area (Å²) in [5.74, 6) is 0.767. The maximum Gasteiger partial charge on any atom is 0.126 e. The van der Waals surface area contributed by atoms with Crippen molar-refractivity contribution in [3.63, 3.8) is 0 Å². The van der Waals surface area contributed by atoms with Crippen LogP contribution in [0, 0.1) is 6.92 Å². The smallest absolute Gasteiger partial charge is 0.126 e. The molecule has 0 aliphatic carbocycles. The minimum absolute atomic E-state index is 0.767. The Balaban J connectivity index is 1.73. The first-order chi connectivity index (χ1) is 17.3. The fourth-order valence-corrected chi connectivity index (χ4v) is 4.78. The van der Waals surface area contributed by atoms with Crippen molar-refractivity contribution in [1.82, 2.24) is 9.97 Å². The molecule has 35 heavy (non-hydrogen) atoms. The van der Waals surface area contributed by atoms with Crippen molar-refractivity contribution in [2.24, 2.45) is 0 Å². The van der Waals surface area contributed by atoms with E-state index in [1.165, 1.54) is 22.3 Å². The molecule has 6 rings (SSSR count). The first-order valence-corrected chi connectivity index (χ1v) is 11.9. The standard InChI is InChI=1S/C33H24N2/c1-23-34-31-22-27(24-13-5-2-6-14-24)21-30(32(31)33(35-23)26-17-9-4-10-18-26)29-20-12-11-19-28(29)25-15-7-3-8-16-25/h2-22H,1H3. The topological polar surface area (TPSA) is 25.8 Å². The van der Waals surface area contributed by atoms with Gasteiger partial charge in [0.25, 0.3) is 0 Å². The Bertz CT molecular complexity index is 1620. The second kappa shape index (κ2) is 9.00. The number of hydrogen-bond acceptors (Lipinski definition) is 2. The second-order valence-electron chi connectivity index (χ2n) is 8.68. The van der Waals surface area contributed by atoms with Crippen molar-refractivity contribution < 1.29 is 0 Å². The Kier molecular flexibility index (Phi) is 5.40. The van der Waals surface area contributed by atoms with Crippen molar-refractivity contribution in [2.45, 2.75) is 6.92 Å². The molecule has 0 unspecified atom stereocenters. The molecule has 6 aromatic rings. The number of hydrogen-bond donors (Lipinski definition) is 0. The Hall–Kier alpha value is -4.56. The molecule has 0 fully saturated rings. The molecule has 0 spiro atoms. The fourth-order valence-electron chi connectivity index (χ4n) is 4.78. The van der Waals surface area contributed by atoms with Gasteiger partial charge in [0.1, 0.15) is 5.82 Å². The van der Waals surface area contributed by atoms with Crippen LogP contribution in [0.5, 0.6) is 0 Å². The van der Waals surface area contributed by atoms with Crippen molar-refractivity contribution >= 4 is 10.9 Å². The van der Waals surface area contributed by atoms with Gasteiger partial charge in [-0.3, -0.25) is 0 Å². The molecular weight excluding hydrogens is 424 g/mol. The molecular formula is C33H24N2. The molecule has 166 valence electrons. The van der Waals surface area contributed by atoms with Gasteiger partial charge in [0.2, 0.25) is 0 Å². The molecule has 1 aromatic heterocycles. The minimum Gasteiger partial charge on any atom is -0.233 e. The molecule has 0 amide bonds. The van der Waals surface area contributed by atoms with Crippen molar-refractivity contribution in [1.29, 1.82) is 0 Å². The van der Waals surface area contributed by atoms with Gasteiger partial charge in [-0.2, -0.15) is 0 Å². The Morgan fingerprint density at radius 3 is 1.63 bits per heavy atom. The lowest BCUT2D eigenvalue weighted by molar-refractivity contribution is 1.10. The van der Waals surface area contributed by atoms with Gasteiger partial charge in [0, 0.05) is 10.9 Å². The molecule has 1 heterocycles. The monoisotopic (exact) mass is 448 g/mol. The highest BCUT2D eigenvalue weighted by Gasteiger charge is 2.18. The lowest BCUT2D eigenvalue weighted by Gasteiger charge is -2.17. The lowest BCUT2D eigenvalue weighted by Crippen LogP contribution is -1.98. The van der Waals surface area contributed by atoms with Gasteiger partial charge in [-0.05, 0) is 52.4 Å². The van der Waals surface area contributed by atoms with Crippen LogP contribution < -0.4 is 0 Å². The zero-order valence-corrected chi connectivity index (χ0v) is 19.5. The Morgan fingerprint density at radius 2 is 0.971 bits per heavy atom. The average Bonchev–Trinajstić information content (AvgIpc) is 2.93. The van der Waals surface area contributed by atoms with E-state index in [1.807, 2.05) is 13.0 Å². The number of rotatable bonds is 4. The Morgan fingerprint density at radius 1 is 0.429 bits per heavy atom. The van der Waals surface area contributed by atoms with Crippen LogP contribution in [0.25, 0.3) is 55.5 Å².